The molecule has 1 aliphatic rings. The first-order chi connectivity index (χ1) is 17.8. The number of hydrogen-bond donors (Lipinski definition) is 0. The van der Waals surface area contributed by atoms with Gasteiger partial charge >= 0.3 is 5.97 Å². The fraction of sp³-hybridized carbons (Fsp3) is 0.222. The predicted molar refractivity (Wildman–Crippen MR) is 142 cm³/mol. The molecule has 1 amide bonds. The van der Waals surface area contributed by atoms with Crippen molar-refractivity contribution in [1.29, 1.82) is 0 Å². The van der Waals surface area contributed by atoms with Gasteiger partial charge in [-0.05, 0) is 73.4 Å². The maximum absolute atomic E-state index is 13.4. The molecular formula is C27H25N3O5S2. The van der Waals surface area contributed by atoms with E-state index < -0.39 is 21.9 Å². The Morgan fingerprint density at radius 2 is 1.81 bits per heavy atom. The van der Waals surface area contributed by atoms with Crippen LogP contribution in [0.4, 0.5) is 5.69 Å². The van der Waals surface area contributed by atoms with Crippen molar-refractivity contribution in [2.75, 3.05) is 18.0 Å². The Morgan fingerprint density at radius 1 is 1.05 bits per heavy atom. The molecule has 0 unspecified atom stereocenters. The lowest BCUT2D eigenvalue weighted by atomic mass is 10.0. The summed E-state index contributed by atoms with van der Waals surface area (Å²) in [6, 6.07) is 19.1. The number of fused-ring (bicyclic) bond motifs is 2. The van der Waals surface area contributed by atoms with Crippen LogP contribution in [-0.4, -0.2) is 38.5 Å². The second-order valence-corrected chi connectivity index (χ2v) is 11.6. The van der Waals surface area contributed by atoms with E-state index in [0.717, 1.165) is 34.2 Å². The quantitative estimate of drug-likeness (QED) is 0.359. The Bertz CT molecular complexity index is 1690. The molecule has 0 radical (unpaired) electrons. The van der Waals surface area contributed by atoms with E-state index in [2.05, 4.69) is 4.99 Å². The maximum Gasteiger partial charge on any atom is 0.325 e. The Labute approximate surface area is 218 Å². The predicted octanol–water partition coefficient (Wildman–Crippen LogP) is 4.07. The van der Waals surface area contributed by atoms with E-state index >= 15 is 0 Å². The molecule has 1 aromatic heterocycles. The molecule has 4 aromatic rings. The van der Waals surface area contributed by atoms with E-state index in [4.69, 9.17) is 4.74 Å². The van der Waals surface area contributed by atoms with Gasteiger partial charge in [0.2, 0.25) is 0 Å². The number of aryl methyl sites for hydroxylation is 2. The van der Waals surface area contributed by atoms with Crippen LogP contribution in [0.1, 0.15) is 27.9 Å². The minimum absolute atomic E-state index is 0.0832. The number of thiazole rings is 1. The molecule has 37 heavy (non-hydrogen) atoms. The van der Waals surface area contributed by atoms with Crippen molar-refractivity contribution in [3.63, 3.8) is 0 Å². The molecule has 0 fully saturated rings. The minimum atomic E-state index is -3.78. The van der Waals surface area contributed by atoms with Gasteiger partial charge in [0, 0.05) is 12.1 Å². The summed E-state index contributed by atoms with van der Waals surface area (Å²) < 4.78 is 35.6. The van der Waals surface area contributed by atoms with E-state index in [-0.39, 0.29) is 17.0 Å². The largest absolute Gasteiger partial charge is 0.468 e. The first-order valence-corrected chi connectivity index (χ1v) is 14.0. The Balaban J connectivity index is 1.47. The van der Waals surface area contributed by atoms with Crippen molar-refractivity contribution in [2.24, 2.45) is 4.99 Å². The molecule has 2 heterocycles. The third-order valence-corrected chi connectivity index (χ3v) is 9.18. The van der Waals surface area contributed by atoms with Gasteiger partial charge in [0.15, 0.2) is 4.80 Å². The highest BCUT2D eigenvalue weighted by Crippen LogP contribution is 2.31. The smallest absolute Gasteiger partial charge is 0.325 e. The van der Waals surface area contributed by atoms with Crippen molar-refractivity contribution in [3.05, 3.63) is 88.2 Å². The monoisotopic (exact) mass is 535 g/mol. The van der Waals surface area contributed by atoms with Crippen LogP contribution in [0, 0.1) is 6.92 Å². The van der Waals surface area contributed by atoms with E-state index in [9.17, 15) is 18.0 Å². The third kappa shape index (κ3) is 4.82. The third-order valence-electron chi connectivity index (χ3n) is 6.31. The summed E-state index contributed by atoms with van der Waals surface area (Å²) in [4.78, 5) is 29.8. The van der Waals surface area contributed by atoms with E-state index in [1.54, 1.807) is 4.57 Å². The fourth-order valence-corrected chi connectivity index (χ4v) is 7.08. The number of anilines is 1. The van der Waals surface area contributed by atoms with Gasteiger partial charge in [0.05, 0.1) is 27.9 Å². The van der Waals surface area contributed by atoms with Gasteiger partial charge in [-0.1, -0.05) is 35.6 Å². The average Bonchev–Trinajstić information content (AvgIpc) is 3.23. The van der Waals surface area contributed by atoms with Crippen molar-refractivity contribution >= 4 is 49.1 Å². The number of sulfonamides is 1. The van der Waals surface area contributed by atoms with E-state index in [0.29, 0.717) is 17.0 Å². The highest BCUT2D eigenvalue weighted by atomic mass is 32.2. The molecule has 10 heteroatoms. The summed E-state index contributed by atoms with van der Waals surface area (Å²) in [5.41, 5.74) is 3.76. The van der Waals surface area contributed by atoms with Crippen molar-refractivity contribution < 1.29 is 22.7 Å². The number of hydrogen-bond acceptors (Lipinski definition) is 6. The molecule has 0 spiro atoms. The molecule has 0 atom stereocenters. The van der Waals surface area contributed by atoms with Crippen LogP contribution < -0.4 is 9.11 Å². The second-order valence-electron chi connectivity index (χ2n) is 8.77. The maximum atomic E-state index is 13.4. The zero-order valence-corrected chi connectivity index (χ0v) is 22.0. The summed E-state index contributed by atoms with van der Waals surface area (Å²) >= 11 is 1.30. The van der Waals surface area contributed by atoms with Gasteiger partial charge in [0.1, 0.15) is 6.54 Å². The summed E-state index contributed by atoms with van der Waals surface area (Å²) in [6.45, 7) is 2.28. The Hall–Kier alpha value is -3.76. The highest BCUT2D eigenvalue weighted by Gasteiger charge is 2.29. The fourth-order valence-electron chi connectivity index (χ4n) is 4.41. The van der Waals surface area contributed by atoms with Crippen molar-refractivity contribution in [1.82, 2.24) is 4.57 Å². The zero-order chi connectivity index (χ0) is 26.2. The van der Waals surface area contributed by atoms with Gasteiger partial charge in [-0.3, -0.25) is 13.9 Å². The molecule has 0 N–H and O–H groups in total. The lowest BCUT2D eigenvalue weighted by Crippen LogP contribution is -2.35. The van der Waals surface area contributed by atoms with Gasteiger partial charge in [-0.2, -0.15) is 4.99 Å². The molecule has 8 nitrogen and oxygen atoms in total. The SMILES string of the molecule is COC(=O)Cn1c(=NC(=O)c2ccc(S(=O)(=O)N3CCCc4ccccc43)cc2)sc2cc(C)ccc21. The lowest BCUT2D eigenvalue weighted by molar-refractivity contribution is -0.141. The Kier molecular flexibility index (Phi) is 6.70. The van der Waals surface area contributed by atoms with Crippen LogP contribution in [-0.2, 0) is 32.5 Å². The lowest BCUT2D eigenvalue weighted by Gasteiger charge is -2.30. The molecular weight excluding hydrogens is 510 g/mol. The standard InChI is InChI=1S/C27H25N3O5S2/c1-18-9-14-23-24(16-18)36-27(29(23)17-25(31)35-2)28-26(32)20-10-12-21(13-11-20)37(33,34)30-15-5-7-19-6-3-4-8-22(19)30/h3-4,6,8-14,16H,5,7,15,17H2,1-2H3. The van der Waals surface area contributed by atoms with Gasteiger partial charge in [-0.25, -0.2) is 8.42 Å². The van der Waals surface area contributed by atoms with Gasteiger partial charge in [-0.15, -0.1) is 0 Å². The number of carbonyl (C=O) groups excluding carboxylic acids is 2. The molecule has 1 aliphatic heterocycles. The zero-order valence-electron chi connectivity index (χ0n) is 20.4. The van der Waals surface area contributed by atoms with Gasteiger partial charge < -0.3 is 9.30 Å². The number of esters is 1. The number of rotatable bonds is 5. The summed E-state index contributed by atoms with van der Waals surface area (Å²) in [5.74, 6) is -0.989. The average molecular weight is 536 g/mol. The van der Waals surface area contributed by atoms with E-state index in [1.807, 2.05) is 49.4 Å². The molecule has 5 rings (SSSR count). The van der Waals surface area contributed by atoms with Crippen LogP contribution in [0.15, 0.2) is 76.6 Å². The number of ether oxygens (including phenoxy) is 1. The number of nitrogens with zero attached hydrogens (tertiary/aromatic N) is 3. The van der Waals surface area contributed by atoms with Crippen molar-refractivity contribution in [2.45, 2.75) is 31.2 Å². The number of para-hydroxylation sites is 1. The number of aromatic nitrogens is 1. The van der Waals surface area contributed by atoms with Crippen LogP contribution in [0.5, 0.6) is 0 Å². The summed E-state index contributed by atoms with van der Waals surface area (Å²) in [6.07, 6.45) is 1.58. The van der Waals surface area contributed by atoms with Crippen LogP contribution in [0.25, 0.3) is 10.2 Å². The van der Waals surface area contributed by atoms with Crippen molar-refractivity contribution in [3.8, 4) is 0 Å². The molecule has 3 aromatic carbocycles. The minimum Gasteiger partial charge on any atom is -0.468 e. The number of amides is 1. The highest BCUT2D eigenvalue weighted by molar-refractivity contribution is 7.92. The normalized spacial score (nSPS) is 14.0. The first-order valence-electron chi connectivity index (χ1n) is 11.7. The van der Waals surface area contributed by atoms with Gasteiger partial charge in [0.25, 0.3) is 15.9 Å². The molecule has 0 saturated carbocycles. The summed E-state index contributed by atoms with van der Waals surface area (Å²) in [5, 5.41) is 0. The molecule has 0 aliphatic carbocycles. The summed E-state index contributed by atoms with van der Waals surface area (Å²) in [7, 11) is -2.48. The number of benzene rings is 3. The van der Waals surface area contributed by atoms with Crippen LogP contribution in [0.2, 0.25) is 0 Å². The molecule has 190 valence electrons. The van der Waals surface area contributed by atoms with Crippen LogP contribution in [0.3, 0.4) is 0 Å². The molecule has 0 bridgehead atoms. The van der Waals surface area contributed by atoms with Crippen LogP contribution >= 0.6 is 11.3 Å². The number of methoxy groups -OCH3 is 1. The van der Waals surface area contributed by atoms with E-state index in [1.165, 1.54) is 47.0 Å². The Morgan fingerprint density at radius 3 is 2.57 bits per heavy atom. The second kappa shape index (κ2) is 9.95. The first kappa shape index (κ1) is 24.9. The number of carbonyl (C=O) groups is 2. The topological polar surface area (TPSA) is 98.0 Å². The molecule has 0 saturated heterocycles.